The fraction of sp³-hybridized carbons (Fsp3) is 0.500. The Hall–Kier alpha value is 0.0300. The zero-order valence-electron chi connectivity index (χ0n) is 9.63. The summed E-state index contributed by atoms with van der Waals surface area (Å²) in [5.41, 5.74) is 0.919. The van der Waals surface area contributed by atoms with Crippen molar-refractivity contribution in [3.05, 3.63) is 29.6 Å². The van der Waals surface area contributed by atoms with Crippen LogP contribution in [-0.2, 0) is 0 Å². The van der Waals surface area contributed by atoms with Crippen LogP contribution in [0.25, 0.3) is 0 Å². The highest BCUT2D eigenvalue weighted by Crippen LogP contribution is 2.18. The number of unbranched alkanes of at least 4 members (excludes halogenated alkanes) is 1. The van der Waals surface area contributed by atoms with Gasteiger partial charge in [-0.05, 0) is 49.5 Å². The smallest absolute Gasteiger partial charge is 0.165 e. The van der Waals surface area contributed by atoms with E-state index in [1.54, 1.807) is 6.07 Å². The van der Waals surface area contributed by atoms with Gasteiger partial charge in [-0.3, -0.25) is 0 Å². The van der Waals surface area contributed by atoms with Gasteiger partial charge in [0.1, 0.15) is 0 Å². The van der Waals surface area contributed by atoms with Crippen molar-refractivity contribution in [1.29, 1.82) is 0 Å². The Morgan fingerprint density at radius 3 is 2.69 bits per heavy atom. The van der Waals surface area contributed by atoms with Gasteiger partial charge in [-0.15, -0.1) is 0 Å². The maximum Gasteiger partial charge on any atom is 0.165 e. The monoisotopic (exact) mass is 355 g/mol. The molecule has 16 heavy (non-hydrogen) atoms. The van der Waals surface area contributed by atoms with E-state index < -0.39 is 0 Å². The zero-order valence-corrected chi connectivity index (χ0v) is 12.6. The Kier molecular flexibility index (Phi) is 9.12. The molecule has 0 fully saturated rings. The van der Waals surface area contributed by atoms with Gasteiger partial charge in [0.05, 0.1) is 6.61 Å². The molecule has 0 amide bonds. The van der Waals surface area contributed by atoms with Gasteiger partial charge in [-0.1, -0.05) is 6.07 Å². The van der Waals surface area contributed by atoms with Gasteiger partial charge in [0.2, 0.25) is 0 Å². The van der Waals surface area contributed by atoms with Crippen molar-refractivity contribution in [3.63, 3.8) is 0 Å². The molecule has 4 heteroatoms. The van der Waals surface area contributed by atoms with Gasteiger partial charge in [0.25, 0.3) is 0 Å². The standard InChI is InChI=1S/C12H17FOS.HI/c1-10-5-6-12(11(13)9-10)14-7-3-4-8-15-2;/h5-6,9H,3-4,7-8H2,1-2H3;1H/p-1. The van der Waals surface area contributed by atoms with Crippen LogP contribution in [0.15, 0.2) is 18.2 Å². The highest BCUT2D eigenvalue weighted by atomic mass is 127. The molecule has 0 bridgehead atoms. The average Bonchev–Trinajstić information content (AvgIpc) is 2.20. The highest BCUT2D eigenvalue weighted by Gasteiger charge is 2.02. The number of hydrogen-bond acceptors (Lipinski definition) is 2. The van der Waals surface area contributed by atoms with Gasteiger partial charge < -0.3 is 28.7 Å². The summed E-state index contributed by atoms with van der Waals surface area (Å²) in [6.45, 7) is 2.46. The van der Waals surface area contributed by atoms with E-state index in [1.165, 1.54) is 6.07 Å². The minimum absolute atomic E-state index is 0. The second-order valence-corrected chi connectivity index (χ2v) is 4.47. The molecule has 1 aromatic rings. The molecule has 1 rings (SSSR count). The average molecular weight is 355 g/mol. The molecule has 1 aromatic carbocycles. The SMILES string of the molecule is CSCCCCOc1ccc(C)cc1F.[I-]. The van der Waals surface area contributed by atoms with E-state index in [2.05, 4.69) is 6.26 Å². The van der Waals surface area contributed by atoms with Crippen LogP contribution in [0.1, 0.15) is 18.4 Å². The van der Waals surface area contributed by atoms with E-state index in [0.29, 0.717) is 12.4 Å². The highest BCUT2D eigenvalue weighted by molar-refractivity contribution is 7.98. The Morgan fingerprint density at radius 2 is 2.06 bits per heavy atom. The molecule has 1 nitrogen and oxygen atoms in total. The van der Waals surface area contributed by atoms with Gasteiger partial charge in [0, 0.05) is 0 Å². The van der Waals surface area contributed by atoms with Crippen LogP contribution in [-0.4, -0.2) is 18.6 Å². The van der Waals surface area contributed by atoms with Crippen LogP contribution in [0.5, 0.6) is 5.75 Å². The quantitative estimate of drug-likeness (QED) is 0.548. The lowest BCUT2D eigenvalue weighted by Crippen LogP contribution is -3.00. The second kappa shape index (κ2) is 9.10. The number of rotatable bonds is 6. The number of benzene rings is 1. The van der Waals surface area contributed by atoms with E-state index in [0.717, 1.165) is 24.2 Å². The summed E-state index contributed by atoms with van der Waals surface area (Å²) in [4.78, 5) is 0. The van der Waals surface area contributed by atoms with E-state index in [-0.39, 0.29) is 29.8 Å². The molecule has 0 spiro atoms. The third kappa shape index (κ3) is 5.94. The van der Waals surface area contributed by atoms with Crippen molar-refractivity contribution < 1.29 is 33.1 Å². The summed E-state index contributed by atoms with van der Waals surface area (Å²) in [5, 5.41) is 0. The largest absolute Gasteiger partial charge is 1.00 e. The Bertz CT molecular complexity index is 307. The van der Waals surface area contributed by atoms with Crippen molar-refractivity contribution in [3.8, 4) is 5.75 Å². The van der Waals surface area contributed by atoms with E-state index in [4.69, 9.17) is 4.74 Å². The molecule has 0 aliphatic carbocycles. The third-order valence-corrected chi connectivity index (χ3v) is 2.78. The fourth-order valence-electron chi connectivity index (χ4n) is 1.25. The van der Waals surface area contributed by atoms with Gasteiger partial charge in [-0.25, -0.2) is 4.39 Å². The van der Waals surface area contributed by atoms with Gasteiger partial charge in [-0.2, -0.15) is 11.8 Å². The number of aryl methyl sites for hydroxylation is 1. The number of ether oxygens (including phenoxy) is 1. The maximum atomic E-state index is 13.3. The van der Waals surface area contributed by atoms with Crippen molar-refractivity contribution in [2.45, 2.75) is 19.8 Å². The van der Waals surface area contributed by atoms with E-state index in [1.807, 2.05) is 24.8 Å². The molecule has 0 atom stereocenters. The summed E-state index contributed by atoms with van der Waals surface area (Å²) in [7, 11) is 0. The first-order valence-corrected chi connectivity index (χ1v) is 6.51. The molecule has 0 saturated carbocycles. The Morgan fingerprint density at radius 1 is 1.31 bits per heavy atom. The summed E-state index contributed by atoms with van der Waals surface area (Å²) in [6, 6.07) is 5.05. The van der Waals surface area contributed by atoms with Gasteiger partial charge in [0.15, 0.2) is 11.6 Å². The first-order valence-electron chi connectivity index (χ1n) is 5.12. The molecule has 92 valence electrons. The normalized spacial score (nSPS) is 9.69. The minimum atomic E-state index is -0.264. The molecule has 0 saturated heterocycles. The predicted molar refractivity (Wildman–Crippen MR) is 64.2 cm³/mol. The zero-order chi connectivity index (χ0) is 11.1. The molecule has 0 radical (unpaired) electrons. The Balaban J connectivity index is 0.00000225. The lowest BCUT2D eigenvalue weighted by Gasteiger charge is -2.07. The van der Waals surface area contributed by atoms with Crippen molar-refractivity contribution in [2.24, 2.45) is 0 Å². The first kappa shape index (κ1) is 16.0. The predicted octanol–water partition coefficient (Wildman–Crippen LogP) is 0.660. The van der Waals surface area contributed by atoms with Crippen LogP contribution in [0, 0.1) is 12.7 Å². The van der Waals surface area contributed by atoms with E-state index in [9.17, 15) is 4.39 Å². The summed E-state index contributed by atoms with van der Waals surface area (Å²) in [6.07, 6.45) is 4.18. The minimum Gasteiger partial charge on any atom is -1.00 e. The van der Waals surface area contributed by atoms with Crippen LogP contribution in [0.3, 0.4) is 0 Å². The lowest BCUT2D eigenvalue weighted by atomic mass is 10.2. The fourth-order valence-corrected chi connectivity index (χ4v) is 1.75. The third-order valence-electron chi connectivity index (χ3n) is 2.09. The molecule has 0 heterocycles. The van der Waals surface area contributed by atoms with Crippen LogP contribution < -0.4 is 28.7 Å². The van der Waals surface area contributed by atoms with Crippen LogP contribution in [0.4, 0.5) is 4.39 Å². The number of thioether (sulfide) groups is 1. The van der Waals surface area contributed by atoms with Crippen molar-refractivity contribution >= 4 is 11.8 Å². The summed E-state index contributed by atoms with van der Waals surface area (Å²) < 4.78 is 18.7. The van der Waals surface area contributed by atoms with E-state index >= 15 is 0 Å². The van der Waals surface area contributed by atoms with Crippen LogP contribution in [0.2, 0.25) is 0 Å². The topological polar surface area (TPSA) is 9.23 Å². The molecule has 0 unspecified atom stereocenters. The van der Waals surface area contributed by atoms with Gasteiger partial charge >= 0.3 is 0 Å². The molecule has 0 aliphatic rings. The molecule has 0 N–H and O–H groups in total. The first-order chi connectivity index (χ1) is 7.24. The summed E-state index contributed by atoms with van der Waals surface area (Å²) in [5.74, 6) is 1.24. The number of hydrogen-bond donors (Lipinski definition) is 0. The maximum absolute atomic E-state index is 13.3. The summed E-state index contributed by atoms with van der Waals surface area (Å²) >= 11 is 1.82. The second-order valence-electron chi connectivity index (χ2n) is 3.48. The molecule has 0 aromatic heterocycles. The van der Waals surface area contributed by atoms with Crippen molar-refractivity contribution in [1.82, 2.24) is 0 Å². The van der Waals surface area contributed by atoms with Crippen LogP contribution >= 0.6 is 11.8 Å². The molecular formula is C12H17FIOS-. The van der Waals surface area contributed by atoms with Crippen molar-refractivity contribution in [2.75, 3.05) is 18.6 Å². The number of halogens is 2. The Labute approximate surface area is 118 Å². The molecule has 0 aliphatic heterocycles. The molecular weight excluding hydrogens is 338 g/mol. The lowest BCUT2D eigenvalue weighted by molar-refractivity contribution is -0.00000414.